The van der Waals surface area contributed by atoms with Crippen molar-refractivity contribution in [2.45, 2.75) is 31.2 Å². The van der Waals surface area contributed by atoms with E-state index in [1.165, 1.54) is 29.7 Å². The number of pyridine rings is 1. The molecule has 0 unspecified atom stereocenters. The van der Waals surface area contributed by atoms with Gasteiger partial charge in [0.25, 0.3) is 5.91 Å². The predicted molar refractivity (Wildman–Crippen MR) is 124 cm³/mol. The van der Waals surface area contributed by atoms with Crippen molar-refractivity contribution in [2.24, 2.45) is 5.92 Å². The summed E-state index contributed by atoms with van der Waals surface area (Å²) in [6.07, 6.45) is 3.25. The lowest BCUT2D eigenvalue weighted by Gasteiger charge is -2.30. The maximum atomic E-state index is 13.1. The Hall–Kier alpha value is -2.97. The number of benzene rings is 2. The highest BCUT2D eigenvalue weighted by atomic mass is 32.2. The first-order valence-corrected chi connectivity index (χ1v) is 12.2. The number of piperidine rings is 1. The second-order valence-electron chi connectivity index (χ2n) is 8.46. The summed E-state index contributed by atoms with van der Waals surface area (Å²) >= 11 is 0. The molecule has 7 nitrogen and oxygen atoms in total. The fraction of sp³-hybridized carbons (Fsp3) is 0.333. The first kappa shape index (κ1) is 22.2. The van der Waals surface area contributed by atoms with Gasteiger partial charge < -0.3 is 9.88 Å². The molecule has 2 heterocycles. The Labute approximate surface area is 187 Å². The number of likely N-dealkylation sites (tertiary alicyclic amines) is 1. The van der Waals surface area contributed by atoms with Gasteiger partial charge in [-0.2, -0.15) is 4.31 Å². The zero-order valence-corrected chi connectivity index (χ0v) is 19.1. The van der Waals surface area contributed by atoms with Gasteiger partial charge in [0.05, 0.1) is 4.90 Å². The van der Waals surface area contributed by atoms with Gasteiger partial charge in [0.1, 0.15) is 5.56 Å². The van der Waals surface area contributed by atoms with Gasteiger partial charge in [-0.1, -0.05) is 37.3 Å². The minimum atomic E-state index is -3.82. The van der Waals surface area contributed by atoms with E-state index < -0.39 is 15.5 Å². The summed E-state index contributed by atoms with van der Waals surface area (Å²) in [5.41, 5.74) is 0.939. The highest BCUT2D eigenvalue weighted by Crippen LogP contribution is 2.21. The van der Waals surface area contributed by atoms with E-state index in [9.17, 15) is 18.0 Å². The molecule has 32 heavy (non-hydrogen) atoms. The highest BCUT2D eigenvalue weighted by Gasteiger charge is 2.25. The molecule has 1 saturated heterocycles. The summed E-state index contributed by atoms with van der Waals surface area (Å²) in [6, 6.07) is 13.7. The smallest absolute Gasteiger partial charge is 0.259 e. The van der Waals surface area contributed by atoms with Crippen LogP contribution in [0.3, 0.4) is 0 Å². The average Bonchev–Trinajstić information content (AvgIpc) is 2.80. The van der Waals surface area contributed by atoms with Crippen LogP contribution in [-0.2, 0) is 16.6 Å². The quantitative estimate of drug-likeness (QED) is 0.642. The number of nitrogens with zero attached hydrogens (tertiary/aromatic N) is 2. The van der Waals surface area contributed by atoms with Gasteiger partial charge in [-0.15, -0.1) is 0 Å². The maximum Gasteiger partial charge on any atom is 0.259 e. The zero-order valence-electron chi connectivity index (χ0n) is 18.2. The van der Waals surface area contributed by atoms with Crippen LogP contribution in [0.1, 0.15) is 35.7 Å². The number of hydrogen-bond donors (Lipinski definition) is 1. The summed E-state index contributed by atoms with van der Waals surface area (Å²) in [5, 5.41) is 0.190. The first-order valence-electron chi connectivity index (χ1n) is 10.7. The van der Waals surface area contributed by atoms with Gasteiger partial charge in [-0.3, -0.25) is 9.59 Å². The van der Waals surface area contributed by atoms with E-state index >= 15 is 0 Å². The molecule has 0 bridgehead atoms. The third kappa shape index (κ3) is 4.33. The maximum absolute atomic E-state index is 13.1. The van der Waals surface area contributed by atoms with Gasteiger partial charge in [0.2, 0.25) is 15.5 Å². The molecule has 1 aliphatic rings. The minimum Gasteiger partial charge on any atom is -0.360 e. The second-order valence-corrected chi connectivity index (χ2v) is 10.5. The lowest BCUT2D eigenvalue weighted by Crippen LogP contribution is -2.39. The lowest BCUT2D eigenvalue weighted by atomic mass is 9.98. The van der Waals surface area contributed by atoms with E-state index in [2.05, 4.69) is 11.9 Å². The van der Waals surface area contributed by atoms with Crippen molar-refractivity contribution in [3.05, 3.63) is 76.1 Å². The molecule has 1 aliphatic heterocycles. The van der Waals surface area contributed by atoms with Crippen molar-refractivity contribution >= 4 is 26.8 Å². The van der Waals surface area contributed by atoms with Crippen molar-refractivity contribution in [1.82, 2.24) is 14.2 Å². The highest BCUT2D eigenvalue weighted by molar-refractivity contribution is 7.89. The number of sulfonamides is 1. The average molecular weight is 454 g/mol. The van der Waals surface area contributed by atoms with Crippen LogP contribution in [0.4, 0.5) is 0 Å². The molecule has 1 fully saturated rings. The third-order valence-electron chi connectivity index (χ3n) is 6.11. The number of hydrogen-bond acceptors (Lipinski definition) is 4. The van der Waals surface area contributed by atoms with E-state index in [-0.39, 0.29) is 28.3 Å². The van der Waals surface area contributed by atoms with Crippen molar-refractivity contribution in [3.63, 3.8) is 0 Å². The molecule has 0 aliphatic carbocycles. The Morgan fingerprint density at radius 1 is 1.12 bits per heavy atom. The molecular weight excluding hydrogens is 426 g/mol. The van der Waals surface area contributed by atoms with Crippen LogP contribution in [0.5, 0.6) is 0 Å². The number of carbonyl (C=O) groups is 1. The molecule has 0 atom stereocenters. The molecule has 4 rings (SSSR count). The van der Waals surface area contributed by atoms with Gasteiger partial charge in [-0.25, -0.2) is 8.42 Å². The molecule has 1 amide bonds. The van der Waals surface area contributed by atoms with Crippen LogP contribution in [0.2, 0.25) is 0 Å². The Bertz CT molecular complexity index is 1290. The largest absolute Gasteiger partial charge is 0.360 e. The van der Waals surface area contributed by atoms with Gasteiger partial charge in [0.15, 0.2) is 0 Å². The molecule has 1 N–H and O–H groups in total. The molecule has 2 aromatic carbocycles. The Morgan fingerprint density at radius 2 is 1.81 bits per heavy atom. The van der Waals surface area contributed by atoms with Crippen molar-refractivity contribution in [1.29, 1.82) is 0 Å². The molecule has 8 heteroatoms. The zero-order chi connectivity index (χ0) is 22.9. The number of carbonyl (C=O) groups excluding carboxylic acids is 1. The molecule has 3 aromatic rings. The lowest BCUT2D eigenvalue weighted by molar-refractivity contribution is 0.0696. The fourth-order valence-electron chi connectivity index (χ4n) is 4.00. The number of rotatable bonds is 5. The van der Waals surface area contributed by atoms with E-state index in [0.29, 0.717) is 24.5 Å². The normalized spacial score (nSPS) is 15.4. The molecule has 0 spiro atoms. The summed E-state index contributed by atoms with van der Waals surface area (Å²) in [7, 11) is -2.31. The monoisotopic (exact) mass is 453 g/mol. The summed E-state index contributed by atoms with van der Waals surface area (Å²) in [5.74, 6) is 0.254. The minimum absolute atomic E-state index is 0.0188. The molecule has 1 aromatic heterocycles. The van der Waals surface area contributed by atoms with Crippen LogP contribution < -0.4 is 5.43 Å². The SMILES string of the molecule is CC1CCN(C(=O)c2c[nH]c3ccc(S(=O)(=O)N(C)Cc4ccccc4)cc3c2=O)CC1. The van der Waals surface area contributed by atoms with Crippen LogP contribution in [0, 0.1) is 5.92 Å². The number of fused-ring (bicyclic) bond motifs is 1. The summed E-state index contributed by atoms with van der Waals surface area (Å²) in [4.78, 5) is 30.8. The van der Waals surface area contributed by atoms with Gasteiger partial charge in [-0.05, 0) is 42.5 Å². The molecule has 0 radical (unpaired) electrons. The van der Waals surface area contributed by atoms with Gasteiger partial charge in [0, 0.05) is 43.8 Å². The number of amides is 1. The number of H-pyrrole nitrogens is 1. The van der Waals surface area contributed by atoms with E-state index in [1.807, 2.05) is 30.3 Å². The second kappa shape index (κ2) is 8.88. The summed E-state index contributed by atoms with van der Waals surface area (Å²) < 4.78 is 27.5. The molecule has 168 valence electrons. The van der Waals surface area contributed by atoms with Gasteiger partial charge >= 0.3 is 0 Å². The Kier molecular flexibility index (Phi) is 6.17. The number of nitrogens with one attached hydrogen (secondary N) is 1. The topological polar surface area (TPSA) is 90.6 Å². The van der Waals surface area contributed by atoms with Crippen LogP contribution in [0.15, 0.2) is 64.4 Å². The van der Waals surface area contributed by atoms with Crippen LogP contribution in [0.25, 0.3) is 10.9 Å². The predicted octanol–water partition coefficient (Wildman–Crippen LogP) is 3.22. The Morgan fingerprint density at radius 3 is 2.50 bits per heavy atom. The van der Waals surface area contributed by atoms with Crippen LogP contribution in [-0.4, -0.2) is 48.7 Å². The van der Waals surface area contributed by atoms with Crippen molar-refractivity contribution in [3.8, 4) is 0 Å². The van der Waals surface area contributed by atoms with E-state index in [0.717, 1.165) is 18.4 Å². The molecule has 0 saturated carbocycles. The standard InChI is InChI=1S/C24H27N3O4S/c1-17-10-12-27(13-11-17)24(29)21-15-25-22-9-8-19(14-20(22)23(21)28)32(30,31)26(2)16-18-6-4-3-5-7-18/h3-9,14-15,17H,10-13,16H2,1-2H3,(H,25,28). The number of aromatic nitrogens is 1. The molecular formula is C24H27N3O4S. The van der Waals surface area contributed by atoms with Crippen molar-refractivity contribution in [2.75, 3.05) is 20.1 Å². The van der Waals surface area contributed by atoms with E-state index in [1.54, 1.807) is 11.0 Å². The Balaban J connectivity index is 1.66. The third-order valence-corrected chi connectivity index (χ3v) is 7.91. The van der Waals surface area contributed by atoms with Crippen molar-refractivity contribution < 1.29 is 13.2 Å². The van der Waals surface area contributed by atoms with E-state index in [4.69, 9.17) is 0 Å². The summed E-state index contributed by atoms with van der Waals surface area (Å²) in [6.45, 7) is 3.61. The first-order chi connectivity index (χ1) is 15.3. The van der Waals surface area contributed by atoms with Crippen LogP contribution >= 0.6 is 0 Å². The fourth-order valence-corrected chi connectivity index (χ4v) is 5.19. The number of aromatic amines is 1.